The first-order chi connectivity index (χ1) is 15.3. The summed E-state index contributed by atoms with van der Waals surface area (Å²) in [5.74, 6) is -1.66. The average molecular weight is 564 g/mol. The SMILES string of the molecule is COc1ccc(Cl)c(S(=O)(=O)NC(=O)c2nnn(-c3c(Cl)cc(Cl)cc3Cl)c2C(F)(F)F)c1. The van der Waals surface area contributed by atoms with Gasteiger partial charge in [0.05, 0.1) is 22.2 Å². The summed E-state index contributed by atoms with van der Waals surface area (Å²) in [5.41, 5.74) is -3.55. The minimum absolute atomic E-state index is 0.0293. The van der Waals surface area contributed by atoms with Crippen LogP contribution in [0.5, 0.6) is 5.75 Å². The van der Waals surface area contributed by atoms with Crippen LogP contribution in [0.3, 0.4) is 0 Å². The number of carbonyl (C=O) groups is 1. The molecule has 33 heavy (non-hydrogen) atoms. The third-order valence-electron chi connectivity index (χ3n) is 4.00. The van der Waals surface area contributed by atoms with Gasteiger partial charge in [0.1, 0.15) is 16.3 Å². The fraction of sp³-hybridized carbons (Fsp3) is 0.118. The molecule has 16 heteroatoms. The lowest BCUT2D eigenvalue weighted by atomic mass is 10.2. The predicted molar refractivity (Wildman–Crippen MR) is 114 cm³/mol. The highest BCUT2D eigenvalue weighted by Gasteiger charge is 2.43. The van der Waals surface area contributed by atoms with Crippen LogP contribution < -0.4 is 9.46 Å². The molecule has 0 aliphatic carbocycles. The zero-order valence-electron chi connectivity index (χ0n) is 15.9. The maximum absolute atomic E-state index is 13.9. The van der Waals surface area contributed by atoms with E-state index in [9.17, 15) is 26.4 Å². The number of benzene rings is 2. The van der Waals surface area contributed by atoms with Crippen LogP contribution in [-0.2, 0) is 16.2 Å². The number of rotatable bonds is 5. The molecule has 0 saturated heterocycles. The van der Waals surface area contributed by atoms with Crippen LogP contribution in [0.15, 0.2) is 35.2 Å². The normalized spacial score (nSPS) is 12.0. The first kappa shape index (κ1) is 25.4. The highest BCUT2D eigenvalue weighted by molar-refractivity contribution is 7.90. The van der Waals surface area contributed by atoms with Crippen LogP contribution in [0.4, 0.5) is 13.2 Å². The van der Waals surface area contributed by atoms with Gasteiger partial charge < -0.3 is 4.74 Å². The molecule has 176 valence electrons. The van der Waals surface area contributed by atoms with Crippen LogP contribution in [-0.4, -0.2) is 36.4 Å². The molecule has 0 bridgehead atoms. The van der Waals surface area contributed by atoms with Crippen LogP contribution >= 0.6 is 46.4 Å². The van der Waals surface area contributed by atoms with E-state index in [1.807, 2.05) is 0 Å². The maximum Gasteiger partial charge on any atom is 0.435 e. The predicted octanol–water partition coefficient (Wildman–Crippen LogP) is 5.03. The van der Waals surface area contributed by atoms with Crippen molar-refractivity contribution in [3.63, 3.8) is 0 Å². The van der Waals surface area contributed by atoms with Crippen LogP contribution in [0.25, 0.3) is 5.69 Å². The number of nitrogens with one attached hydrogen (secondary N) is 1. The highest BCUT2D eigenvalue weighted by atomic mass is 35.5. The van der Waals surface area contributed by atoms with Crippen molar-refractivity contribution in [2.45, 2.75) is 11.1 Å². The molecule has 1 amide bonds. The summed E-state index contributed by atoms with van der Waals surface area (Å²) in [6.07, 6.45) is -5.22. The van der Waals surface area contributed by atoms with E-state index >= 15 is 0 Å². The standard InChI is InChI=1S/C17H9Cl4F3N4O4S/c1-32-8-2-3-9(19)12(6-8)33(30,31)26-16(29)13-15(17(22,23)24)28(27-25-13)14-10(20)4-7(18)5-11(14)21/h2-6H,1H3,(H,26,29). The third kappa shape index (κ3) is 5.14. The second-order valence-electron chi connectivity index (χ2n) is 6.15. The Morgan fingerprint density at radius 3 is 2.21 bits per heavy atom. The lowest BCUT2D eigenvalue weighted by molar-refractivity contribution is -0.143. The van der Waals surface area contributed by atoms with E-state index in [0.29, 0.717) is 0 Å². The minimum atomic E-state index is -5.22. The van der Waals surface area contributed by atoms with Crippen molar-refractivity contribution in [3.8, 4) is 11.4 Å². The van der Waals surface area contributed by atoms with Crippen molar-refractivity contribution in [2.24, 2.45) is 0 Å². The Morgan fingerprint density at radius 1 is 1.06 bits per heavy atom. The summed E-state index contributed by atoms with van der Waals surface area (Å²) in [6.45, 7) is 0. The van der Waals surface area contributed by atoms with E-state index in [4.69, 9.17) is 51.1 Å². The van der Waals surface area contributed by atoms with Crippen LogP contribution in [0.1, 0.15) is 16.2 Å². The topological polar surface area (TPSA) is 103 Å². The van der Waals surface area contributed by atoms with E-state index in [0.717, 1.165) is 18.2 Å². The van der Waals surface area contributed by atoms with Gasteiger partial charge in [-0.3, -0.25) is 4.79 Å². The van der Waals surface area contributed by atoms with E-state index in [1.165, 1.54) is 24.0 Å². The molecule has 0 atom stereocenters. The Balaban J connectivity index is 2.11. The fourth-order valence-corrected chi connectivity index (χ4v) is 5.07. The molecule has 0 spiro atoms. The molecule has 1 heterocycles. The lowest BCUT2D eigenvalue weighted by Crippen LogP contribution is -2.33. The number of carbonyl (C=O) groups excluding carboxylic acids is 1. The number of halogens is 7. The largest absolute Gasteiger partial charge is 0.497 e. The number of amides is 1. The fourth-order valence-electron chi connectivity index (χ4n) is 2.62. The van der Waals surface area contributed by atoms with Crippen molar-refractivity contribution >= 4 is 62.3 Å². The molecular weight excluding hydrogens is 555 g/mol. The summed E-state index contributed by atoms with van der Waals surface area (Å²) >= 11 is 23.6. The summed E-state index contributed by atoms with van der Waals surface area (Å²) in [4.78, 5) is 12.0. The van der Waals surface area contributed by atoms with Gasteiger partial charge in [-0.15, -0.1) is 5.10 Å². The molecule has 0 aliphatic heterocycles. The molecule has 0 unspecified atom stereocenters. The van der Waals surface area contributed by atoms with E-state index in [-0.39, 0.29) is 30.5 Å². The second kappa shape index (κ2) is 9.18. The van der Waals surface area contributed by atoms with Gasteiger partial charge in [-0.2, -0.15) is 13.2 Å². The van der Waals surface area contributed by atoms with Crippen molar-refractivity contribution in [3.05, 3.63) is 61.8 Å². The van der Waals surface area contributed by atoms with E-state index in [1.54, 1.807) is 0 Å². The van der Waals surface area contributed by atoms with Crippen molar-refractivity contribution in [1.29, 1.82) is 0 Å². The number of nitrogens with zero attached hydrogens (tertiary/aromatic N) is 3. The summed E-state index contributed by atoms with van der Waals surface area (Å²) in [6, 6.07) is 5.69. The van der Waals surface area contributed by atoms with Gasteiger partial charge in [0.2, 0.25) is 0 Å². The number of methoxy groups -OCH3 is 1. The Hall–Kier alpha value is -2.25. The Bertz CT molecular complexity index is 1340. The van der Waals surface area contributed by atoms with Gasteiger partial charge in [0.15, 0.2) is 11.4 Å². The van der Waals surface area contributed by atoms with Crippen LogP contribution in [0, 0.1) is 0 Å². The van der Waals surface area contributed by atoms with Gasteiger partial charge in [0.25, 0.3) is 15.9 Å². The van der Waals surface area contributed by atoms with Crippen molar-refractivity contribution < 1.29 is 31.1 Å². The molecule has 1 aromatic heterocycles. The summed E-state index contributed by atoms with van der Waals surface area (Å²) < 4.78 is 73.4. The zero-order valence-corrected chi connectivity index (χ0v) is 19.8. The first-order valence-corrected chi connectivity index (χ1v) is 11.3. The number of sulfonamides is 1. The lowest BCUT2D eigenvalue weighted by Gasteiger charge is -2.14. The highest BCUT2D eigenvalue weighted by Crippen LogP contribution is 2.38. The van der Waals surface area contributed by atoms with Crippen molar-refractivity contribution in [1.82, 2.24) is 19.7 Å². The second-order valence-corrected chi connectivity index (χ2v) is 9.45. The molecule has 0 fully saturated rings. The van der Waals surface area contributed by atoms with Gasteiger partial charge in [-0.05, 0) is 24.3 Å². The van der Waals surface area contributed by atoms with Gasteiger partial charge in [-0.25, -0.2) is 17.8 Å². The molecule has 8 nitrogen and oxygen atoms in total. The number of aromatic nitrogens is 3. The molecule has 2 aromatic carbocycles. The number of hydrogen-bond donors (Lipinski definition) is 1. The van der Waals surface area contributed by atoms with Gasteiger partial charge in [0, 0.05) is 11.1 Å². The molecule has 1 N–H and O–H groups in total. The van der Waals surface area contributed by atoms with Crippen LogP contribution in [0.2, 0.25) is 20.1 Å². The Labute approximate surface area is 204 Å². The molecule has 0 aliphatic rings. The monoisotopic (exact) mass is 562 g/mol. The molecule has 0 radical (unpaired) electrons. The number of alkyl halides is 3. The third-order valence-corrected chi connectivity index (χ3v) is 6.61. The van der Waals surface area contributed by atoms with Crippen molar-refractivity contribution in [2.75, 3.05) is 7.11 Å². The van der Waals surface area contributed by atoms with E-state index < -0.39 is 44.1 Å². The van der Waals surface area contributed by atoms with Gasteiger partial charge >= 0.3 is 6.18 Å². The Kier molecular flexibility index (Phi) is 7.06. The number of ether oxygens (including phenoxy) is 1. The minimum Gasteiger partial charge on any atom is -0.497 e. The smallest absolute Gasteiger partial charge is 0.435 e. The molecule has 0 saturated carbocycles. The average Bonchev–Trinajstić information content (AvgIpc) is 3.12. The quantitative estimate of drug-likeness (QED) is 0.467. The van der Waals surface area contributed by atoms with E-state index in [2.05, 4.69) is 10.3 Å². The summed E-state index contributed by atoms with van der Waals surface area (Å²) in [7, 11) is -3.49. The number of hydrogen-bond acceptors (Lipinski definition) is 6. The summed E-state index contributed by atoms with van der Waals surface area (Å²) in [5, 5.41) is 5.58. The molecular formula is C17H9Cl4F3N4O4S. The molecule has 3 aromatic rings. The Morgan fingerprint density at radius 2 is 1.67 bits per heavy atom. The maximum atomic E-state index is 13.9. The molecule has 3 rings (SSSR count). The zero-order chi connectivity index (χ0) is 24.7. The van der Waals surface area contributed by atoms with Gasteiger partial charge in [-0.1, -0.05) is 51.6 Å². The first-order valence-electron chi connectivity index (χ1n) is 8.34.